The molecule has 130 valence electrons. The summed E-state index contributed by atoms with van der Waals surface area (Å²) in [7, 11) is 0. The first-order valence-corrected chi connectivity index (χ1v) is 8.14. The molecular formula is C19H17N5O2. The van der Waals surface area contributed by atoms with Gasteiger partial charge in [-0.2, -0.15) is 0 Å². The highest BCUT2D eigenvalue weighted by Gasteiger charge is 2.31. The number of aromatic amines is 1. The van der Waals surface area contributed by atoms with Gasteiger partial charge in [0.05, 0.1) is 17.6 Å². The van der Waals surface area contributed by atoms with E-state index in [0.717, 1.165) is 16.6 Å². The van der Waals surface area contributed by atoms with Crippen LogP contribution in [0, 0.1) is 12.3 Å². The van der Waals surface area contributed by atoms with Gasteiger partial charge in [-0.1, -0.05) is 29.8 Å². The number of nitrogens with one attached hydrogen (secondary N) is 3. The van der Waals surface area contributed by atoms with Crippen LogP contribution < -0.4 is 5.43 Å². The molecule has 0 atom stereocenters. The van der Waals surface area contributed by atoms with Crippen LogP contribution in [0.15, 0.2) is 54.3 Å². The van der Waals surface area contributed by atoms with Gasteiger partial charge in [-0.05, 0) is 31.2 Å². The lowest BCUT2D eigenvalue weighted by Crippen LogP contribution is -2.43. The number of H-pyrrole nitrogens is 1. The maximum absolute atomic E-state index is 12.4. The Morgan fingerprint density at radius 2 is 1.96 bits per heavy atom. The Balaban J connectivity index is 1.56. The number of nitrogens with zero attached hydrogens (tertiary/aromatic N) is 2. The van der Waals surface area contributed by atoms with Gasteiger partial charge in [0.1, 0.15) is 17.2 Å². The van der Waals surface area contributed by atoms with Crippen LogP contribution in [-0.4, -0.2) is 38.4 Å². The molecule has 0 unspecified atom stereocenters. The number of benzene rings is 2. The highest BCUT2D eigenvalue weighted by Crippen LogP contribution is 2.26. The van der Waals surface area contributed by atoms with E-state index in [-0.39, 0.29) is 29.6 Å². The first-order valence-electron chi connectivity index (χ1n) is 8.14. The third-order valence-electron chi connectivity index (χ3n) is 4.28. The van der Waals surface area contributed by atoms with E-state index in [0.29, 0.717) is 11.4 Å². The number of aromatic nitrogens is 2. The molecule has 0 spiro atoms. The van der Waals surface area contributed by atoms with Crippen LogP contribution in [0.5, 0.6) is 0 Å². The fraction of sp³-hybridized carbons (Fsp3) is 0.105. The topological polar surface area (TPSA) is 105 Å². The average Bonchev–Trinajstić information content (AvgIpc) is 3.16. The molecule has 1 amide bonds. The fourth-order valence-corrected chi connectivity index (χ4v) is 2.89. The molecule has 0 saturated carbocycles. The van der Waals surface area contributed by atoms with Gasteiger partial charge in [-0.15, -0.1) is 0 Å². The Hall–Kier alpha value is -3.61. The number of aryl methyl sites for hydroxylation is 1. The van der Waals surface area contributed by atoms with Gasteiger partial charge in [-0.25, -0.2) is 4.98 Å². The maximum atomic E-state index is 12.4. The zero-order valence-corrected chi connectivity index (χ0v) is 14.1. The Labute approximate surface area is 149 Å². The number of carbonyl (C=O) groups excluding carboxylic acids is 1. The predicted octanol–water partition coefficient (Wildman–Crippen LogP) is 2.78. The summed E-state index contributed by atoms with van der Waals surface area (Å²) < 4.78 is 0. The number of amides is 1. The van der Waals surface area contributed by atoms with E-state index in [4.69, 9.17) is 5.41 Å². The lowest BCUT2D eigenvalue weighted by atomic mass is 10.1. The number of imidazole rings is 1. The zero-order valence-electron chi connectivity index (χ0n) is 14.1. The van der Waals surface area contributed by atoms with Crippen molar-refractivity contribution in [1.82, 2.24) is 20.4 Å². The maximum Gasteiger partial charge on any atom is 0.269 e. The van der Waals surface area contributed by atoms with Crippen molar-refractivity contribution in [2.75, 3.05) is 6.54 Å². The molecule has 1 aliphatic rings. The summed E-state index contributed by atoms with van der Waals surface area (Å²) in [6.07, 6.45) is 0. The average molecular weight is 347 g/mol. The number of hydrogen-bond donors (Lipinski definition) is 4. The minimum absolute atomic E-state index is 0.0120. The highest BCUT2D eigenvalue weighted by molar-refractivity contribution is 6.23. The standard InChI is InChI=1S/C19H17N5O2/c1-11-6-8-12(9-7-11)19(26)23-24-10-15(25)16(17(24)20)18-21-13-4-2-3-5-14(13)22-18/h2-9,20,25H,10H2,1H3,(H,21,22)(H,23,26). The van der Waals surface area contributed by atoms with E-state index in [1.54, 1.807) is 12.1 Å². The number of rotatable bonds is 3. The van der Waals surface area contributed by atoms with Crippen LogP contribution in [0.2, 0.25) is 0 Å². The van der Waals surface area contributed by atoms with E-state index >= 15 is 0 Å². The molecule has 7 heteroatoms. The summed E-state index contributed by atoms with van der Waals surface area (Å²) >= 11 is 0. The van der Waals surface area contributed by atoms with Gasteiger partial charge in [0, 0.05) is 5.56 Å². The molecule has 2 heterocycles. The number of hydrazine groups is 1. The van der Waals surface area contributed by atoms with Crippen molar-refractivity contribution in [3.8, 4) is 0 Å². The normalized spacial score (nSPS) is 14.3. The number of carbonyl (C=O) groups is 1. The monoisotopic (exact) mass is 347 g/mol. The fourth-order valence-electron chi connectivity index (χ4n) is 2.89. The van der Waals surface area contributed by atoms with Gasteiger partial charge in [-0.3, -0.25) is 20.6 Å². The highest BCUT2D eigenvalue weighted by atomic mass is 16.3. The second kappa shape index (κ2) is 6.03. The third-order valence-corrected chi connectivity index (χ3v) is 4.28. The smallest absolute Gasteiger partial charge is 0.269 e. The summed E-state index contributed by atoms with van der Waals surface area (Å²) in [5.74, 6) is 0.0365. The molecule has 0 fully saturated rings. The molecule has 7 nitrogen and oxygen atoms in total. The second-order valence-corrected chi connectivity index (χ2v) is 6.17. The van der Waals surface area contributed by atoms with Crippen molar-refractivity contribution in [3.63, 3.8) is 0 Å². The Morgan fingerprint density at radius 3 is 2.69 bits per heavy atom. The molecule has 26 heavy (non-hydrogen) atoms. The summed E-state index contributed by atoms with van der Waals surface area (Å²) in [6.45, 7) is 1.96. The molecule has 1 aromatic heterocycles. The van der Waals surface area contributed by atoms with Crippen LogP contribution in [0.3, 0.4) is 0 Å². The Bertz CT molecular complexity index is 1020. The third kappa shape index (κ3) is 2.69. The Morgan fingerprint density at radius 1 is 1.23 bits per heavy atom. The lowest BCUT2D eigenvalue weighted by molar-refractivity contribution is 0.0874. The van der Waals surface area contributed by atoms with Crippen LogP contribution in [0.25, 0.3) is 16.6 Å². The SMILES string of the molecule is Cc1ccc(C(=O)NN2CC(O)=C(c3nc4ccccc4[nH]3)C2=N)cc1. The molecule has 0 saturated heterocycles. The van der Waals surface area contributed by atoms with Crippen LogP contribution in [0.4, 0.5) is 0 Å². The number of fused-ring (bicyclic) bond motifs is 1. The van der Waals surface area contributed by atoms with E-state index in [9.17, 15) is 9.90 Å². The minimum Gasteiger partial charge on any atom is -0.509 e. The number of para-hydroxylation sites is 2. The lowest BCUT2D eigenvalue weighted by Gasteiger charge is -2.19. The van der Waals surface area contributed by atoms with Crippen LogP contribution in [0.1, 0.15) is 21.7 Å². The van der Waals surface area contributed by atoms with Gasteiger partial charge in [0.2, 0.25) is 0 Å². The van der Waals surface area contributed by atoms with E-state index in [2.05, 4.69) is 15.4 Å². The van der Waals surface area contributed by atoms with Crippen molar-refractivity contribution in [2.24, 2.45) is 0 Å². The van der Waals surface area contributed by atoms with Crippen LogP contribution in [-0.2, 0) is 0 Å². The summed E-state index contributed by atoms with van der Waals surface area (Å²) in [4.78, 5) is 19.9. The first kappa shape index (κ1) is 15.9. The molecule has 4 rings (SSSR count). The molecule has 1 aliphatic heterocycles. The summed E-state index contributed by atoms with van der Waals surface area (Å²) in [6, 6.07) is 14.6. The molecule has 0 radical (unpaired) electrons. The second-order valence-electron chi connectivity index (χ2n) is 6.17. The zero-order chi connectivity index (χ0) is 18.3. The first-order chi connectivity index (χ1) is 12.5. The number of hydrogen-bond acceptors (Lipinski definition) is 4. The molecule has 3 aromatic rings. The van der Waals surface area contributed by atoms with E-state index < -0.39 is 0 Å². The largest absolute Gasteiger partial charge is 0.509 e. The van der Waals surface area contributed by atoms with Crippen LogP contribution >= 0.6 is 0 Å². The molecule has 4 N–H and O–H groups in total. The van der Waals surface area contributed by atoms with Crippen molar-refractivity contribution in [1.29, 1.82) is 5.41 Å². The van der Waals surface area contributed by atoms with Crippen molar-refractivity contribution < 1.29 is 9.90 Å². The van der Waals surface area contributed by atoms with Crippen molar-refractivity contribution in [3.05, 3.63) is 71.2 Å². The van der Waals surface area contributed by atoms with Gasteiger partial charge >= 0.3 is 0 Å². The number of amidine groups is 1. The van der Waals surface area contributed by atoms with Gasteiger partial charge < -0.3 is 10.1 Å². The predicted molar refractivity (Wildman–Crippen MR) is 98.7 cm³/mol. The van der Waals surface area contributed by atoms with E-state index in [1.807, 2.05) is 43.3 Å². The molecule has 0 bridgehead atoms. The number of aliphatic hydroxyl groups excluding tert-OH is 1. The molecular weight excluding hydrogens is 330 g/mol. The number of aliphatic hydroxyl groups is 1. The Kier molecular flexibility index (Phi) is 3.69. The minimum atomic E-state index is -0.339. The van der Waals surface area contributed by atoms with E-state index in [1.165, 1.54) is 5.01 Å². The summed E-state index contributed by atoms with van der Waals surface area (Å²) in [5, 5.41) is 19.9. The van der Waals surface area contributed by atoms with Crippen molar-refractivity contribution >= 4 is 28.3 Å². The molecule has 2 aromatic carbocycles. The van der Waals surface area contributed by atoms with Gasteiger partial charge in [0.15, 0.2) is 5.84 Å². The summed E-state index contributed by atoms with van der Waals surface area (Å²) in [5.41, 5.74) is 6.05. The van der Waals surface area contributed by atoms with Gasteiger partial charge in [0.25, 0.3) is 5.91 Å². The molecule has 0 aliphatic carbocycles. The van der Waals surface area contributed by atoms with Crippen molar-refractivity contribution in [2.45, 2.75) is 6.92 Å². The quantitative estimate of drug-likeness (QED) is 0.584.